The van der Waals surface area contributed by atoms with Gasteiger partial charge in [0.2, 0.25) is 0 Å². The van der Waals surface area contributed by atoms with E-state index < -0.39 is 0 Å². The molecule has 0 amide bonds. The molecule has 1 unspecified atom stereocenters. The first-order valence-corrected chi connectivity index (χ1v) is 9.71. The number of fused-ring (bicyclic) bond motifs is 1. The van der Waals surface area contributed by atoms with Crippen LogP contribution in [0.4, 0.5) is 0 Å². The lowest BCUT2D eigenvalue weighted by Crippen LogP contribution is -2.25. The van der Waals surface area contributed by atoms with Crippen molar-refractivity contribution in [3.8, 4) is 0 Å². The topological polar surface area (TPSA) is 3.24 Å². The van der Waals surface area contributed by atoms with E-state index in [4.69, 9.17) is 0 Å². The predicted molar refractivity (Wildman–Crippen MR) is 95.5 cm³/mol. The number of unbranched alkanes of at least 4 members (excludes halogenated alkanes) is 5. The Morgan fingerprint density at radius 3 is 2.50 bits per heavy atom. The van der Waals surface area contributed by atoms with E-state index >= 15 is 0 Å². The lowest BCUT2D eigenvalue weighted by Gasteiger charge is -2.20. The van der Waals surface area contributed by atoms with Crippen LogP contribution in [-0.4, -0.2) is 24.0 Å². The van der Waals surface area contributed by atoms with Gasteiger partial charge < -0.3 is 0 Å². The van der Waals surface area contributed by atoms with Crippen LogP contribution in [0.5, 0.6) is 0 Å². The molecule has 0 N–H and O–H groups in total. The molecule has 0 aromatic heterocycles. The van der Waals surface area contributed by atoms with Crippen molar-refractivity contribution in [1.82, 2.24) is 4.90 Å². The van der Waals surface area contributed by atoms with E-state index in [9.17, 15) is 0 Å². The number of benzene rings is 1. The van der Waals surface area contributed by atoms with Gasteiger partial charge in [-0.3, -0.25) is 4.90 Å². The average Bonchev–Trinajstić information content (AvgIpc) is 3.15. The molecule has 2 saturated heterocycles. The molecule has 3 rings (SSSR count). The summed E-state index contributed by atoms with van der Waals surface area (Å²) < 4.78 is 0. The number of rotatable bonds is 8. The Morgan fingerprint density at radius 2 is 1.68 bits per heavy atom. The van der Waals surface area contributed by atoms with E-state index in [0.717, 1.165) is 12.0 Å². The van der Waals surface area contributed by atoms with Crippen molar-refractivity contribution in [2.45, 2.75) is 83.1 Å². The van der Waals surface area contributed by atoms with E-state index in [-0.39, 0.29) is 0 Å². The van der Waals surface area contributed by atoms with Gasteiger partial charge >= 0.3 is 0 Å². The van der Waals surface area contributed by atoms with E-state index in [2.05, 4.69) is 36.1 Å². The molecule has 2 aliphatic heterocycles. The maximum atomic E-state index is 2.72. The van der Waals surface area contributed by atoms with Gasteiger partial charge in [-0.05, 0) is 56.3 Å². The Morgan fingerprint density at radius 1 is 0.909 bits per heavy atom. The van der Waals surface area contributed by atoms with Crippen LogP contribution in [0.15, 0.2) is 24.3 Å². The predicted octanol–water partition coefficient (Wildman–Crippen LogP) is 5.54. The van der Waals surface area contributed by atoms with Gasteiger partial charge in [-0.1, -0.05) is 63.3 Å². The maximum absolute atomic E-state index is 2.72. The molecule has 0 aliphatic carbocycles. The second-order valence-corrected chi connectivity index (χ2v) is 7.40. The molecule has 1 nitrogen and oxygen atoms in total. The molecule has 2 heterocycles. The van der Waals surface area contributed by atoms with Gasteiger partial charge in [0.05, 0.1) is 0 Å². The standard InChI is InChI=1S/C21H33N/c1-2-3-4-5-6-7-9-18-11-13-19(14-12-18)20-15-17-22-16-8-10-21(20)22/h11-14,20-21H,2-10,15-17H2,1H3/t20-,21?/m0/s1. The van der Waals surface area contributed by atoms with Crippen LogP contribution in [0.3, 0.4) is 0 Å². The molecule has 2 fully saturated rings. The van der Waals surface area contributed by atoms with E-state index in [1.165, 1.54) is 77.3 Å². The summed E-state index contributed by atoms with van der Waals surface area (Å²) >= 11 is 0. The lowest BCUT2D eigenvalue weighted by molar-refractivity contribution is 0.314. The van der Waals surface area contributed by atoms with E-state index in [1.54, 1.807) is 11.1 Å². The summed E-state index contributed by atoms with van der Waals surface area (Å²) in [6, 6.07) is 10.5. The molecule has 0 saturated carbocycles. The smallest absolute Gasteiger partial charge is 0.0165 e. The number of aryl methyl sites for hydroxylation is 1. The largest absolute Gasteiger partial charge is 0.300 e. The number of nitrogens with zero attached hydrogens (tertiary/aromatic N) is 1. The minimum atomic E-state index is 0.811. The number of hydrogen-bond donors (Lipinski definition) is 0. The molecular weight excluding hydrogens is 266 g/mol. The second kappa shape index (κ2) is 8.15. The highest BCUT2D eigenvalue weighted by atomic mass is 15.2. The number of hydrogen-bond acceptors (Lipinski definition) is 1. The van der Waals surface area contributed by atoms with Gasteiger partial charge in [0.1, 0.15) is 0 Å². The average molecular weight is 300 g/mol. The summed E-state index contributed by atoms with van der Waals surface area (Å²) in [5.41, 5.74) is 3.14. The first-order chi connectivity index (χ1) is 10.9. The first kappa shape index (κ1) is 16.1. The van der Waals surface area contributed by atoms with Crippen molar-refractivity contribution in [1.29, 1.82) is 0 Å². The molecule has 2 atom stereocenters. The molecule has 1 heteroatoms. The fourth-order valence-corrected chi connectivity index (χ4v) is 4.51. The monoisotopic (exact) mass is 299 g/mol. The van der Waals surface area contributed by atoms with Crippen molar-refractivity contribution in [2.24, 2.45) is 0 Å². The summed E-state index contributed by atoms with van der Waals surface area (Å²) in [5, 5.41) is 0. The molecule has 1 aromatic rings. The zero-order chi connectivity index (χ0) is 15.2. The van der Waals surface area contributed by atoms with Crippen molar-refractivity contribution in [3.63, 3.8) is 0 Å². The van der Waals surface area contributed by atoms with Crippen molar-refractivity contribution < 1.29 is 0 Å². The summed E-state index contributed by atoms with van der Waals surface area (Å²) in [7, 11) is 0. The second-order valence-electron chi connectivity index (χ2n) is 7.40. The van der Waals surface area contributed by atoms with Crippen molar-refractivity contribution in [2.75, 3.05) is 13.1 Å². The fourth-order valence-electron chi connectivity index (χ4n) is 4.51. The third kappa shape index (κ3) is 3.93. The van der Waals surface area contributed by atoms with Gasteiger partial charge in [0.25, 0.3) is 0 Å². The minimum Gasteiger partial charge on any atom is -0.300 e. The summed E-state index contributed by atoms with van der Waals surface area (Å²) in [6.07, 6.45) is 13.9. The van der Waals surface area contributed by atoms with Gasteiger partial charge in [-0.15, -0.1) is 0 Å². The molecule has 2 aliphatic rings. The third-order valence-electron chi connectivity index (χ3n) is 5.83. The Kier molecular flexibility index (Phi) is 5.95. The quantitative estimate of drug-likeness (QED) is 0.569. The van der Waals surface area contributed by atoms with Crippen molar-refractivity contribution >= 4 is 0 Å². The van der Waals surface area contributed by atoms with Crippen LogP contribution in [0.2, 0.25) is 0 Å². The van der Waals surface area contributed by atoms with Crippen LogP contribution in [0.25, 0.3) is 0 Å². The van der Waals surface area contributed by atoms with Crippen LogP contribution in [0.1, 0.15) is 81.8 Å². The van der Waals surface area contributed by atoms with Crippen LogP contribution in [0, 0.1) is 0 Å². The first-order valence-electron chi connectivity index (χ1n) is 9.71. The minimum absolute atomic E-state index is 0.811. The maximum Gasteiger partial charge on any atom is 0.0165 e. The van der Waals surface area contributed by atoms with E-state index in [0.29, 0.717) is 0 Å². The molecule has 0 bridgehead atoms. The Balaban J connectivity index is 1.44. The highest BCUT2D eigenvalue weighted by Crippen LogP contribution is 2.39. The van der Waals surface area contributed by atoms with Crippen LogP contribution < -0.4 is 0 Å². The summed E-state index contributed by atoms with van der Waals surface area (Å²) in [4.78, 5) is 2.72. The summed E-state index contributed by atoms with van der Waals surface area (Å²) in [6.45, 7) is 4.96. The lowest BCUT2D eigenvalue weighted by atomic mass is 9.89. The Bertz CT molecular complexity index is 436. The Labute approximate surface area is 137 Å². The summed E-state index contributed by atoms with van der Waals surface area (Å²) in [5.74, 6) is 0.811. The molecule has 0 radical (unpaired) electrons. The molecular formula is C21H33N. The highest BCUT2D eigenvalue weighted by Gasteiger charge is 2.37. The molecule has 122 valence electrons. The Hall–Kier alpha value is -0.820. The van der Waals surface area contributed by atoms with Gasteiger partial charge in [0.15, 0.2) is 0 Å². The molecule has 0 spiro atoms. The normalized spacial score (nSPS) is 24.8. The van der Waals surface area contributed by atoms with E-state index in [1.807, 2.05) is 0 Å². The zero-order valence-corrected chi connectivity index (χ0v) is 14.4. The van der Waals surface area contributed by atoms with Gasteiger partial charge in [-0.25, -0.2) is 0 Å². The van der Waals surface area contributed by atoms with Crippen molar-refractivity contribution in [3.05, 3.63) is 35.4 Å². The fraction of sp³-hybridized carbons (Fsp3) is 0.714. The third-order valence-corrected chi connectivity index (χ3v) is 5.83. The van der Waals surface area contributed by atoms with Crippen LogP contribution >= 0.6 is 0 Å². The highest BCUT2D eigenvalue weighted by molar-refractivity contribution is 5.28. The molecule has 1 aromatic carbocycles. The van der Waals surface area contributed by atoms with Gasteiger partial charge in [0, 0.05) is 12.0 Å². The van der Waals surface area contributed by atoms with Gasteiger partial charge in [-0.2, -0.15) is 0 Å². The molecule has 22 heavy (non-hydrogen) atoms. The zero-order valence-electron chi connectivity index (χ0n) is 14.4. The SMILES string of the molecule is CCCCCCCCc1ccc([C@@H]2CCN3CCCC23)cc1. The van der Waals surface area contributed by atoms with Crippen LogP contribution in [-0.2, 0) is 6.42 Å².